The van der Waals surface area contributed by atoms with Crippen molar-refractivity contribution in [1.82, 2.24) is 4.57 Å². The van der Waals surface area contributed by atoms with E-state index in [0.29, 0.717) is 0 Å². The highest BCUT2D eigenvalue weighted by Crippen LogP contribution is 2.53. The van der Waals surface area contributed by atoms with Crippen LogP contribution in [0.4, 0.5) is 34.1 Å². The first kappa shape index (κ1) is 38.1. The summed E-state index contributed by atoms with van der Waals surface area (Å²) in [4.78, 5) is 4.74. The molecule has 66 heavy (non-hydrogen) atoms. The zero-order valence-corrected chi connectivity index (χ0v) is 36.9. The summed E-state index contributed by atoms with van der Waals surface area (Å²) in [6, 6.07) is 86.8. The standard InChI is InChI=1S/C63H45N3/c1-63(2)59-39-48(65(44-23-11-5-12-24-44)45-25-13-6-14-26-45)32-35-54(59)56-40-58-57-38-46(64(42-19-7-3-8-20-42)43-21-9-4-10-22-43)33-36-61(57)66(62(58)41-60(56)63)47-31-34-53-51-29-16-15-27-49(51)50-28-17-18-30-52(50)55(53)37-47/h3-41H,1-2H3. The summed E-state index contributed by atoms with van der Waals surface area (Å²) < 4.78 is 2.52. The molecule has 1 aliphatic carbocycles. The van der Waals surface area contributed by atoms with Gasteiger partial charge in [-0.3, -0.25) is 0 Å². The fourth-order valence-corrected chi connectivity index (χ4v) is 11.0. The Balaban J connectivity index is 1.06. The summed E-state index contributed by atoms with van der Waals surface area (Å²) in [6.45, 7) is 4.80. The average Bonchev–Trinajstić information content (AvgIpc) is 3.81. The second kappa shape index (κ2) is 14.8. The second-order valence-corrected chi connectivity index (χ2v) is 18.1. The van der Waals surface area contributed by atoms with E-state index in [-0.39, 0.29) is 5.41 Å². The van der Waals surface area contributed by atoms with E-state index in [2.05, 4.69) is 265 Å². The molecule has 0 unspecified atom stereocenters. The lowest BCUT2D eigenvalue weighted by Gasteiger charge is -2.28. The van der Waals surface area contributed by atoms with Crippen molar-refractivity contribution in [2.75, 3.05) is 9.80 Å². The predicted octanol–water partition coefficient (Wildman–Crippen LogP) is 17.5. The van der Waals surface area contributed by atoms with E-state index >= 15 is 0 Å². The van der Waals surface area contributed by atoms with Crippen molar-refractivity contribution in [3.8, 4) is 16.8 Å². The summed E-state index contributed by atoms with van der Waals surface area (Å²) >= 11 is 0. The minimum atomic E-state index is -0.268. The van der Waals surface area contributed by atoms with Crippen LogP contribution in [0.25, 0.3) is 70.9 Å². The Labute approximate surface area is 384 Å². The van der Waals surface area contributed by atoms with E-state index < -0.39 is 0 Å². The van der Waals surface area contributed by atoms with Crippen LogP contribution in [0, 0.1) is 0 Å². The molecule has 0 atom stereocenters. The normalized spacial score (nSPS) is 12.8. The maximum atomic E-state index is 2.52. The maximum Gasteiger partial charge on any atom is 0.0544 e. The number of fused-ring (bicyclic) bond motifs is 12. The van der Waals surface area contributed by atoms with Gasteiger partial charge >= 0.3 is 0 Å². The third kappa shape index (κ3) is 5.83. The van der Waals surface area contributed by atoms with Crippen molar-refractivity contribution < 1.29 is 0 Å². The third-order valence-corrected chi connectivity index (χ3v) is 14.1. The van der Waals surface area contributed by atoms with Gasteiger partial charge in [0.15, 0.2) is 0 Å². The molecule has 3 heteroatoms. The van der Waals surface area contributed by atoms with Crippen molar-refractivity contribution >= 4 is 88.2 Å². The van der Waals surface area contributed by atoms with E-state index in [0.717, 1.165) is 39.8 Å². The molecule has 0 amide bonds. The number of hydrogen-bond acceptors (Lipinski definition) is 2. The zero-order valence-electron chi connectivity index (χ0n) is 36.9. The van der Waals surface area contributed by atoms with Crippen LogP contribution in [0.2, 0.25) is 0 Å². The Morgan fingerprint density at radius 1 is 0.288 bits per heavy atom. The molecule has 0 radical (unpaired) electrons. The molecule has 0 bridgehead atoms. The van der Waals surface area contributed by atoms with Crippen LogP contribution in [0.3, 0.4) is 0 Å². The van der Waals surface area contributed by atoms with Crippen molar-refractivity contribution in [2.45, 2.75) is 19.3 Å². The molecule has 3 nitrogen and oxygen atoms in total. The van der Waals surface area contributed by atoms with Gasteiger partial charge in [0.1, 0.15) is 0 Å². The molecule has 1 aromatic heterocycles. The van der Waals surface area contributed by atoms with E-state index in [9.17, 15) is 0 Å². The minimum Gasteiger partial charge on any atom is -0.310 e. The SMILES string of the molecule is CC1(C)c2cc(N(c3ccccc3)c3ccccc3)ccc2-c2cc3c4cc(N(c5ccccc5)c5ccccc5)ccc4n(-c4ccc5c6ccccc6c6ccccc6c5c4)c3cc21. The van der Waals surface area contributed by atoms with Gasteiger partial charge in [-0.2, -0.15) is 0 Å². The summed E-state index contributed by atoms with van der Waals surface area (Å²) in [5.41, 5.74) is 15.3. The van der Waals surface area contributed by atoms with Crippen LogP contribution in [0.15, 0.2) is 237 Å². The molecule has 0 fully saturated rings. The topological polar surface area (TPSA) is 11.4 Å². The van der Waals surface area contributed by atoms with Gasteiger partial charge in [0.2, 0.25) is 0 Å². The first-order chi connectivity index (χ1) is 32.5. The van der Waals surface area contributed by atoms with Crippen LogP contribution in [0.5, 0.6) is 0 Å². The fraction of sp³-hybridized carbons (Fsp3) is 0.0476. The first-order valence-corrected chi connectivity index (χ1v) is 22.9. The first-order valence-electron chi connectivity index (χ1n) is 22.9. The monoisotopic (exact) mass is 843 g/mol. The van der Waals surface area contributed by atoms with Crippen molar-refractivity contribution in [3.63, 3.8) is 0 Å². The van der Waals surface area contributed by atoms with Gasteiger partial charge in [0, 0.05) is 56.0 Å². The summed E-state index contributed by atoms with van der Waals surface area (Å²) in [5, 5.41) is 10.1. The third-order valence-electron chi connectivity index (χ3n) is 14.1. The number of hydrogen-bond donors (Lipinski definition) is 0. The molecule has 0 saturated heterocycles. The van der Waals surface area contributed by atoms with Crippen LogP contribution >= 0.6 is 0 Å². The smallest absolute Gasteiger partial charge is 0.0544 e. The quantitative estimate of drug-likeness (QED) is 0.148. The summed E-state index contributed by atoms with van der Waals surface area (Å²) in [6.07, 6.45) is 0. The predicted molar refractivity (Wildman–Crippen MR) is 280 cm³/mol. The summed E-state index contributed by atoms with van der Waals surface area (Å²) in [5.74, 6) is 0. The highest BCUT2D eigenvalue weighted by Gasteiger charge is 2.37. The van der Waals surface area contributed by atoms with Crippen LogP contribution < -0.4 is 9.80 Å². The molecule has 13 rings (SSSR count). The summed E-state index contributed by atoms with van der Waals surface area (Å²) in [7, 11) is 0. The van der Waals surface area contributed by atoms with Gasteiger partial charge in [-0.1, -0.05) is 147 Å². The van der Waals surface area contributed by atoms with Crippen LogP contribution in [0.1, 0.15) is 25.0 Å². The van der Waals surface area contributed by atoms with Gasteiger partial charge in [-0.25, -0.2) is 0 Å². The zero-order chi connectivity index (χ0) is 43.9. The minimum absolute atomic E-state index is 0.268. The number of benzene rings is 11. The Morgan fingerprint density at radius 2 is 0.712 bits per heavy atom. The van der Waals surface area contributed by atoms with Gasteiger partial charge < -0.3 is 14.4 Å². The molecule has 0 aliphatic heterocycles. The molecule has 0 spiro atoms. The Hall–Kier alpha value is -8.40. The number of anilines is 6. The van der Waals surface area contributed by atoms with E-state index in [1.165, 1.54) is 76.4 Å². The molecular formula is C63H45N3. The molecule has 11 aromatic carbocycles. The lowest BCUT2D eigenvalue weighted by atomic mass is 9.82. The lowest BCUT2D eigenvalue weighted by molar-refractivity contribution is 0.661. The molecule has 0 N–H and O–H groups in total. The van der Waals surface area contributed by atoms with E-state index in [1.807, 2.05) is 0 Å². The lowest BCUT2D eigenvalue weighted by Crippen LogP contribution is -2.16. The number of para-hydroxylation sites is 4. The Kier molecular flexibility index (Phi) is 8.56. The Morgan fingerprint density at radius 3 is 1.24 bits per heavy atom. The van der Waals surface area contributed by atoms with E-state index in [4.69, 9.17) is 0 Å². The molecular weight excluding hydrogens is 799 g/mol. The molecule has 312 valence electrons. The second-order valence-electron chi connectivity index (χ2n) is 18.1. The molecule has 12 aromatic rings. The van der Waals surface area contributed by atoms with Gasteiger partial charge in [0.25, 0.3) is 0 Å². The highest BCUT2D eigenvalue weighted by molar-refractivity contribution is 6.25. The largest absolute Gasteiger partial charge is 0.310 e. The molecule has 1 heterocycles. The van der Waals surface area contributed by atoms with Crippen LogP contribution in [-0.4, -0.2) is 4.57 Å². The van der Waals surface area contributed by atoms with Crippen molar-refractivity contribution in [3.05, 3.63) is 248 Å². The average molecular weight is 844 g/mol. The fourth-order valence-electron chi connectivity index (χ4n) is 11.0. The number of aromatic nitrogens is 1. The highest BCUT2D eigenvalue weighted by atomic mass is 15.1. The van der Waals surface area contributed by atoms with E-state index in [1.54, 1.807) is 0 Å². The van der Waals surface area contributed by atoms with Gasteiger partial charge in [-0.15, -0.1) is 0 Å². The van der Waals surface area contributed by atoms with Gasteiger partial charge in [0.05, 0.1) is 11.0 Å². The van der Waals surface area contributed by atoms with Crippen LogP contribution in [-0.2, 0) is 5.41 Å². The number of nitrogens with zero attached hydrogens (tertiary/aromatic N) is 3. The van der Waals surface area contributed by atoms with Crippen molar-refractivity contribution in [2.24, 2.45) is 0 Å². The molecule has 1 aliphatic rings. The Bertz CT molecular complexity index is 3720. The van der Waals surface area contributed by atoms with Gasteiger partial charge in [-0.05, 0) is 158 Å². The molecule has 0 saturated carbocycles. The maximum absolute atomic E-state index is 2.52. The number of rotatable bonds is 7. The van der Waals surface area contributed by atoms with Crippen molar-refractivity contribution in [1.29, 1.82) is 0 Å².